The maximum atomic E-state index is 11.6. The van der Waals surface area contributed by atoms with Crippen LogP contribution in [0.2, 0.25) is 0 Å². The van der Waals surface area contributed by atoms with Gasteiger partial charge in [0.25, 0.3) is 0 Å². The molecule has 0 saturated carbocycles. The molecule has 4 nitrogen and oxygen atoms in total. The van der Waals surface area contributed by atoms with Crippen molar-refractivity contribution in [3.8, 4) is 0 Å². The Morgan fingerprint density at radius 3 is 2.11 bits per heavy atom. The first-order valence-corrected chi connectivity index (χ1v) is 7.49. The van der Waals surface area contributed by atoms with Gasteiger partial charge in [0.2, 0.25) is 0 Å². The third kappa shape index (κ3) is 10.5. The van der Waals surface area contributed by atoms with Crippen molar-refractivity contribution in [1.29, 1.82) is 0 Å². The Morgan fingerprint density at radius 1 is 0.947 bits per heavy atom. The van der Waals surface area contributed by atoms with Gasteiger partial charge in [0, 0.05) is 12.8 Å². The fraction of sp³-hybridized carbons (Fsp3) is 0.867. The number of rotatable bonds is 11. The minimum atomic E-state index is -0.190. The SMILES string of the molecule is CCCCC(CC)OC(=O)CCCCC(=O)OCC. The van der Waals surface area contributed by atoms with Gasteiger partial charge in [0.05, 0.1) is 6.61 Å². The highest BCUT2D eigenvalue weighted by atomic mass is 16.5. The van der Waals surface area contributed by atoms with E-state index in [1.54, 1.807) is 6.92 Å². The summed E-state index contributed by atoms with van der Waals surface area (Å²) >= 11 is 0. The molecule has 1 atom stereocenters. The van der Waals surface area contributed by atoms with Crippen molar-refractivity contribution in [2.45, 2.75) is 78.2 Å². The highest BCUT2D eigenvalue weighted by Crippen LogP contribution is 2.11. The van der Waals surface area contributed by atoms with Gasteiger partial charge in [-0.2, -0.15) is 0 Å². The van der Waals surface area contributed by atoms with Crippen molar-refractivity contribution >= 4 is 11.9 Å². The minimum absolute atomic E-state index is 0.0532. The molecule has 19 heavy (non-hydrogen) atoms. The number of carbonyl (C=O) groups is 2. The van der Waals surface area contributed by atoms with Crippen molar-refractivity contribution in [2.24, 2.45) is 0 Å². The van der Waals surface area contributed by atoms with Gasteiger partial charge >= 0.3 is 11.9 Å². The number of hydrogen-bond donors (Lipinski definition) is 0. The fourth-order valence-electron chi connectivity index (χ4n) is 1.79. The van der Waals surface area contributed by atoms with E-state index in [4.69, 9.17) is 9.47 Å². The predicted octanol–water partition coefficient (Wildman–Crippen LogP) is 3.62. The number of unbranched alkanes of at least 4 members (excludes halogenated alkanes) is 2. The van der Waals surface area contributed by atoms with Gasteiger partial charge < -0.3 is 9.47 Å². The Bertz CT molecular complexity index is 251. The molecule has 0 bridgehead atoms. The summed E-state index contributed by atoms with van der Waals surface area (Å²) in [4.78, 5) is 22.7. The lowest BCUT2D eigenvalue weighted by atomic mass is 10.1. The number of hydrogen-bond acceptors (Lipinski definition) is 4. The Hall–Kier alpha value is -1.06. The smallest absolute Gasteiger partial charge is 0.306 e. The monoisotopic (exact) mass is 272 g/mol. The zero-order chi connectivity index (χ0) is 14.5. The summed E-state index contributed by atoms with van der Waals surface area (Å²) in [5.41, 5.74) is 0. The van der Waals surface area contributed by atoms with E-state index < -0.39 is 0 Å². The average molecular weight is 272 g/mol. The number of carbonyl (C=O) groups excluding carboxylic acids is 2. The van der Waals surface area contributed by atoms with Crippen LogP contribution in [0, 0.1) is 0 Å². The molecule has 0 spiro atoms. The zero-order valence-corrected chi connectivity index (χ0v) is 12.6. The fourth-order valence-corrected chi connectivity index (χ4v) is 1.79. The van der Waals surface area contributed by atoms with Crippen LogP contribution in [0.15, 0.2) is 0 Å². The van der Waals surface area contributed by atoms with Crippen LogP contribution in [0.25, 0.3) is 0 Å². The quantitative estimate of drug-likeness (QED) is 0.426. The summed E-state index contributed by atoms with van der Waals surface area (Å²) in [6, 6.07) is 0. The molecule has 0 heterocycles. The van der Waals surface area contributed by atoms with E-state index in [9.17, 15) is 9.59 Å². The van der Waals surface area contributed by atoms with E-state index in [0.29, 0.717) is 32.3 Å². The summed E-state index contributed by atoms with van der Waals surface area (Å²) in [7, 11) is 0. The van der Waals surface area contributed by atoms with Crippen LogP contribution in [0.5, 0.6) is 0 Å². The summed E-state index contributed by atoms with van der Waals surface area (Å²) in [6.07, 6.45) is 6.22. The Kier molecular flexibility index (Phi) is 11.3. The number of ether oxygens (including phenoxy) is 2. The second-order valence-corrected chi connectivity index (χ2v) is 4.67. The van der Waals surface area contributed by atoms with E-state index in [-0.39, 0.29) is 18.0 Å². The van der Waals surface area contributed by atoms with Crippen molar-refractivity contribution in [3.63, 3.8) is 0 Å². The summed E-state index contributed by atoms with van der Waals surface area (Å²) < 4.78 is 10.2. The number of esters is 2. The van der Waals surface area contributed by atoms with Gasteiger partial charge in [0.15, 0.2) is 0 Å². The highest BCUT2D eigenvalue weighted by Gasteiger charge is 2.12. The van der Waals surface area contributed by atoms with Crippen LogP contribution < -0.4 is 0 Å². The maximum absolute atomic E-state index is 11.6. The highest BCUT2D eigenvalue weighted by molar-refractivity contribution is 5.70. The van der Waals surface area contributed by atoms with Gasteiger partial charge in [-0.15, -0.1) is 0 Å². The molecule has 0 N–H and O–H groups in total. The molecule has 0 fully saturated rings. The first kappa shape index (κ1) is 17.9. The van der Waals surface area contributed by atoms with Gasteiger partial charge in [-0.25, -0.2) is 0 Å². The summed E-state index contributed by atoms with van der Waals surface area (Å²) in [5.74, 6) is -0.336. The van der Waals surface area contributed by atoms with Crippen molar-refractivity contribution < 1.29 is 19.1 Å². The van der Waals surface area contributed by atoms with Crippen LogP contribution in [-0.4, -0.2) is 24.6 Å². The topological polar surface area (TPSA) is 52.6 Å². The van der Waals surface area contributed by atoms with Crippen molar-refractivity contribution in [1.82, 2.24) is 0 Å². The van der Waals surface area contributed by atoms with E-state index in [0.717, 1.165) is 25.7 Å². The third-order valence-electron chi connectivity index (χ3n) is 2.95. The van der Waals surface area contributed by atoms with Crippen LogP contribution in [0.1, 0.15) is 72.1 Å². The minimum Gasteiger partial charge on any atom is -0.466 e. The second-order valence-electron chi connectivity index (χ2n) is 4.67. The first-order valence-electron chi connectivity index (χ1n) is 7.49. The van der Waals surface area contributed by atoms with Crippen LogP contribution >= 0.6 is 0 Å². The normalized spacial score (nSPS) is 11.9. The van der Waals surface area contributed by atoms with Crippen LogP contribution in [0.3, 0.4) is 0 Å². The first-order chi connectivity index (χ1) is 9.13. The predicted molar refractivity (Wildman–Crippen MR) is 74.8 cm³/mol. The van der Waals surface area contributed by atoms with Gasteiger partial charge in [-0.05, 0) is 32.6 Å². The summed E-state index contributed by atoms with van der Waals surface area (Å²) in [6.45, 7) is 6.37. The van der Waals surface area contributed by atoms with Gasteiger partial charge in [-0.3, -0.25) is 9.59 Å². The van der Waals surface area contributed by atoms with Crippen molar-refractivity contribution in [3.05, 3.63) is 0 Å². The maximum Gasteiger partial charge on any atom is 0.306 e. The van der Waals surface area contributed by atoms with E-state index in [1.807, 2.05) is 6.92 Å². The largest absolute Gasteiger partial charge is 0.466 e. The third-order valence-corrected chi connectivity index (χ3v) is 2.95. The van der Waals surface area contributed by atoms with E-state index in [2.05, 4.69) is 6.92 Å². The molecule has 0 aromatic rings. The molecule has 0 radical (unpaired) electrons. The molecule has 0 rings (SSSR count). The molecule has 1 unspecified atom stereocenters. The molecule has 112 valence electrons. The average Bonchev–Trinajstić information content (AvgIpc) is 2.40. The second kappa shape index (κ2) is 12.0. The van der Waals surface area contributed by atoms with E-state index >= 15 is 0 Å². The molecule has 4 heteroatoms. The lowest BCUT2D eigenvalue weighted by molar-refractivity contribution is -0.150. The zero-order valence-electron chi connectivity index (χ0n) is 12.6. The molecule has 0 aliphatic heterocycles. The van der Waals surface area contributed by atoms with Gasteiger partial charge in [-0.1, -0.05) is 26.7 Å². The summed E-state index contributed by atoms with van der Waals surface area (Å²) in [5, 5.41) is 0. The Balaban J connectivity index is 3.65. The molecule has 0 aliphatic carbocycles. The van der Waals surface area contributed by atoms with E-state index in [1.165, 1.54) is 0 Å². The van der Waals surface area contributed by atoms with Crippen LogP contribution in [0.4, 0.5) is 0 Å². The lowest BCUT2D eigenvalue weighted by Crippen LogP contribution is -2.17. The molecule has 0 aromatic heterocycles. The molecule has 0 amide bonds. The lowest BCUT2D eigenvalue weighted by Gasteiger charge is -2.15. The molecule has 0 aliphatic rings. The van der Waals surface area contributed by atoms with Crippen molar-refractivity contribution in [2.75, 3.05) is 6.61 Å². The Morgan fingerprint density at radius 2 is 1.58 bits per heavy atom. The van der Waals surface area contributed by atoms with Crippen LogP contribution in [-0.2, 0) is 19.1 Å². The molecular weight excluding hydrogens is 244 g/mol. The van der Waals surface area contributed by atoms with Gasteiger partial charge in [0.1, 0.15) is 6.10 Å². The molecular formula is C15H28O4. The molecule has 0 saturated heterocycles. The molecule has 0 aromatic carbocycles. The Labute approximate surface area is 116 Å². The standard InChI is InChI=1S/C15H28O4/c1-4-7-10-13(5-2)19-15(17)12-9-8-11-14(16)18-6-3/h13H,4-12H2,1-3H3.